The Morgan fingerprint density at radius 1 is 1.42 bits per heavy atom. The van der Waals surface area contributed by atoms with Crippen molar-refractivity contribution in [2.75, 3.05) is 17.7 Å². The molecule has 0 aliphatic heterocycles. The van der Waals surface area contributed by atoms with Gasteiger partial charge in [0, 0.05) is 30.5 Å². The van der Waals surface area contributed by atoms with E-state index >= 15 is 0 Å². The first-order chi connectivity index (χ1) is 9.11. The van der Waals surface area contributed by atoms with Crippen molar-refractivity contribution in [2.45, 2.75) is 6.54 Å². The maximum atomic E-state index is 9.08. The number of benzene rings is 1. The van der Waals surface area contributed by atoms with E-state index in [1.807, 2.05) is 18.0 Å². The number of nitriles is 1. The Balaban J connectivity index is 2.28. The molecule has 0 spiro atoms. The van der Waals surface area contributed by atoms with Crippen LogP contribution in [0.25, 0.3) is 0 Å². The number of rotatable bonds is 3. The van der Waals surface area contributed by atoms with Gasteiger partial charge in [0.25, 0.3) is 0 Å². The van der Waals surface area contributed by atoms with Gasteiger partial charge in [-0.25, -0.2) is 0 Å². The SMILES string of the molecule is CN(Cc1cc(N)ccc1Cl)c1cnccc1C#N. The largest absolute Gasteiger partial charge is 0.399 e. The molecular formula is C14H13ClN4. The summed E-state index contributed by atoms with van der Waals surface area (Å²) in [6.45, 7) is 0.560. The number of nitrogens with zero attached hydrogens (tertiary/aromatic N) is 3. The Bertz CT molecular complexity index is 634. The average Bonchev–Trinajstić information content (AvgIpc) is 2.42. The fourth-order valence-corrected chi connectivity index (χ4v) is 2.02. The van der Waals surface area contributed by atoms with Crippen LogP contribution >= 0.6 is 11.6 Å². The lowest BCUT2D eigenvalue weighted by Crippen LogP contribution is -2.18. The molecule has 0 bridgehead atoms. The fraction of sp³-hybridized carbons (Fsp3) is 0.143. The van der Waals surface area contributed by atoms with Crippen LogP contribution in [0, 0.1) is 11.3 Å². The predicted molar refractivity (Wildman–Crippen MR) is 76.9 cm³/mol. The summed E-state index contributed by atoms with van der Waals surface area (Å²) >= 11 is 6.14. The van der Waals surface area contributed by atoms with E-state index in [-0.39, 0.29) is 0 Å². The highest BCUT2D eigenvalue weighted by Gasteiger charge is 2.10. The van der Waals surface area contributed by atoms with Crippen molar-refractivity contribution in [3.8, 4) is 6.07 Å². The van der Waals surface area contributed by atoms with Crippen LogP contribution in [-0.2, 0) is 6.54 Å². The maximum Gasteiger partial charge on any atom is 0.101 e. The Hall–Kier alpha value is -2.25. The number of halogens is 1. The van der Waals surface area contributed by atoms with Gasteiger partial charge in [0.2, 0.25) is 0 Å². The van der Waals surface area contributed by atoms with Crippen LogP contribution in [0.4, 0.5) is 11.4 Å². The molecule has 5 heteroatoms. The molecule has 2 rings (SSSR count). The van der Waals surface area contributed by atoms with Crippen molar-refractivity contribution >= 4 is 23.0 Å². The number of pyridine rings is 1. The lowest BCUT2D eigenvalue weighted by atomic mass is 10.1. The minimum Gasteiger partial charge on any atom is -0.399 e. The zero-order valence-corrected chi connectivity index (χ0v) is 11.2. The third-order valence-electron chi connectivity index (χ3n) is 2.81. The first kappa shape index (κ1) is 13.2. The minimum absolute atomic E-state index is 0.560. The van der Waals surface area contributed by atoms with Crippen molar-refractivity contribution in [3.05, 3.63) is 52.8 Å². The quantitative estimate of drug-likeness (QED) is 0.873. The molecule has 4 nitrogen and oxygen atoms in total. The van der Waals surface area contributed by atoms with Gasteiger partial charge >= 0.3 is 0 Å². The second-order valence-electron chi connectivity index (χ2n) is 4.21. The summed E-state index contributed by atoms with van der Waals surface area (Å²) in [5.74, 6) is 0. The van der Waals surface area contributed by atoms with Gasteiger partial charge in [0.05, 0.1) is 17.4 Å². The van der Waals surface area contributed by atoms with Gasteiger partial charge in [-0.2, -0.15) is 5.26 Å². The zero-order valence-electron chi connectivity index (χ0n) is 10.5. The van der Waals surface area contributed by atoms with Gasteiger partial charge in [-0.1, -0.05) is 11.6 Å². The summed E-state index contributed by atoms with van der Waals surface area (Å²) in [6.07, 6.45) is 3.27. The van der Waals surface area contributed by atoms with E-state index in [4.69, 9.17) is 22.6 Å². The highest BCUT2D eigenvalue weighted by molar-refractivity contribution is 6.31. The molecule has 0 unspecified atom stereocenters. The van der Waals surface area contributed by atoms with Crippen LogP contribution < -0.4 is 10.6 Å². The van der Waals surface area contributed by atoms with Crippen LogP contribution in [0.1, 0.15) is 11.1 Å². The van der Waals surface area contributed by atoms with Gasteiger partial charge in [0.1, 0.15) is 6.07 Å². The molecule has 0 aliphatic rings. The molecule has 2 aromatic rings. The summed E-state index contributed by atoms with van der Waals surface area (Å²) in [5, 5.41) is 9.74. The third kappa shape index (κ3) is 2.95. The van der Waals surface area contributed by atoms with Crippen molar-refractivity contribution in [1.82, 2.24) is 4.98 Å². The molecule has 1 aromatic carbocycles. The Morgan fingerprint density at radius 3 is 2.95 bits per heavy atom. The zero-order chi connectivity index (χ0) is 13.8. The standard InChI is InChI=1S/C14H13ClN4/c1-19(14-8-18-5-4-10(14)7-16)9-11-6-12(17)2-3-13(11)15/h2-6,8H,9,17H2,1H3. The van der Waals surface area contributed by atoms with Crippen LogP contribution in [0.5, 0.6) is 0 Å². The molecule has 1 aromatic heterocycles. The van der Waals surface area contributed by atoms with Crippen molar-refractivity contribution < 1.29 is 0 Å². The number of hydrogen-bond acceptors (Lipinski definition) is 4. The maximum absolute atomic E-state index is 9.08. The van der Waals surface area contributed by atoms with E-state index < -0.39 is 0 Å². The van der Waals surface area contributed by atoms with Crippen molar-refractivity contribution in [3.63, 3.8) is 0 Å². The molecule has 0 fully saturated rings. The third-order valence-corrected chi connectivity index (χ3v) is 3.18. The second kappa shape index (κ2) is 5.59. The summed E-state index contributed by atoms with van der Waals surface area (Å²) < 4.78 is 0. The fourth-order valence-electron chi connectivity index (χ4n) is 1.84. The first-order valence-corrected chi connectivity index (χ1v) is 6.08. The Morgan fingerprint density at radius 2 is 2.21 bits per heavy atom. The number of hydrogen-bond donors (Lipinski definition) is 1. The monoisotopic (exact) mass is 272 g/mol. The molecular weight excluding hydrogens is 260 g/mol. The topological polar surface area (TPSA) is 65.9 Å². The molecule has 19 heavy (non-hydrogen) atoms. The highest BCUT2D eigenvalue weighted by atomic mass is 35.5. The summed E-state index contributed by atoms with van der Waals surface area (Å²) in [6, 6.07) is 9.20. The van der Waals surface area contributed by atoms with Gasteiger partial charge < -0.3 is 10.6 Å². The summed E-state index contributed by atoms with van der Waals surface area (Å²) in [5.41, 5.74) is 8.68. The highest BCUT2D eigenvalue weighted by Crippen LogP contribution is 2.24. The van der Waals surface area contributed by atoms with Crippen LogP contribution in [0.15, 0.2) is 36.7 Å². The number of nitrogen functional groups attached to an aromatic ring is 1. The molecule has 0 radical (unpaired) electrons. The lowest BCUT2D eigenvalue weighted by molar-refractivity contribution is 0.916. The minimum atomic E-state index is 0.560. The summed E-state index contributed by atoms with van der Waals surface area (Å²) in [4.78, 5) is 5.97. The lowest BCUT2D eigenvalue weighted by Gasteiger charge is -2.20. The molecule has 0 atom stereocenters. The number of aromatic nitrogens is 1. The molecule has 0 saturated carbocycles. The molecule has 0 amide bonds. The van der Waals surface area contributed by atoms with Gasteiger partial charge in [-0.15, -0.1) is 0 Å². The van der Waals surface area contributed by atoms with Gasteiger partial charge in [-0.3, -0.25) is 4.98 Å². The second-order valence-corrected chi connectivity index (χ2v) is 4.62. The van der Waals surface area contributed by atoms with E-state index in [0.29, 0.717) is 22.8 Å². The number of anilines is 2. The van der Waals surface area contributed by atoms with Crippen LogP contribution in [0.3, 0.4) is 0 Å². The van der Waals surface area contributed by atoms with Crippen molar-refractivity contribution in [1.29, 1.82) is 5.26 Å². The van der Waals surface area contributed by atoms with Crippen molar-refractivity contribution in [2.24, 2.45) is 0 Å². The Labute approximate surface area is 117 Å². The molecule has 0 aliphatic carbocycles. The van der Waals surface area contributed by atoms with Crippen LogP contribution in [-0.4, -0.2) is 12.0 Å². The number of nitrogens with two attached hydrogens (primary N) is 1. The molecule has 2 N–H and O–H groups in total. The van der Waals surface area contributed by atoms with Crippen LogP contribution in [0.2, 0.25) is 5.02 Å². The molecule has 96 valence electrons. The first-order valence-electron chi connectivity index (χ1n) is 5.71. The molecule has 0 saturated heterocycles. The summed E-state index contributed by atoms with van der Waals surface area (Å²) in [7, 11) is 1.89. The van der Waals surface area contributed by atoms with E-state index in [9.17, 15) is 0 Å². The Kier molecular flexibility index (Phi) is 3.88. The van der Waals surface area contributed by atoms with Gasteiger partial charge in [-0.05, 0) is 29.8 Å². The van der Waals surface area contributed by atoms with E-state index in [0.717, 1.165) is 11.3 Å². The van der Waals surface area contributed by atoms with Gasteiger partial charge in [0.15, 0.2) is 0 Å². The average molecular weight is 273 g/mol. The normalized spacial score (nSPS) is 9.95. The predicted octanol–water partition coefficient (Wildman–Crippen LogP) is 2.83. The van der Waals surface area contributed by atoms with E-state index in [1.54, 1.807) is 30.6 Å². The van der Waals surface area contributed by atoms with E-state index in [2.05, 4.69) is 11.1 Å². The molecule has 1 heterocycles. The smallest absolute Gasteiger partial charge is 0.101 e. The van der Waals surface area contributed by atoms with E-state index in [1.165, 1.54) is 0 Å².